The standard InChI is InChI=1S/C9H14N4O/c1-2-5-12-13-8-4-3-7(6-11-8)9(10)14/h3-4,6,12H,2,5H2,1H3,(H2,10,14)(H,11,13). The maximum Gasteiger partial charge on any atom is 0.250 e. The molecule has 5 nitrogen and oxygen atoms in total. The summed E-state index contributed by atoms with van der Waals surface area (Å²) in [7, 11) is 0. The molecule has 1 aromatic rings. The minimum atomic E-state index is -0.467. The van der Waals surface area contributed by atoms with E-state index < -0.39 is 5.91 Å². The SMILES string of the molecule is CCCNNc1ccc(C(N)=O)cn1. The van der Waals surface area contributed by atoms with Crippen molar-refractivity contribution in [3.63, 3.8) is 0 Å². The zero-order chi connectivity index (χ0) is 10.4. The van der Waals surface area contributed by atoms with Gasteiger partial charge in [-0.25, -0.2) is 10.4 Å². The highest BCUT2D eigenvalue weighted by Crippen LogP contribution is 2.02. The van der Waals surface area contributed by atoms with Gasteiger partial charge in [0.2, 0.25) is 5.91 Å². The van der Waals surface area contributed by atoms with Gasteiger partial charge in [0.15, 0.2) is 0 Å². The van der Waals surface area contributed by atoms with E-state index in [1.165, 1.54) is 6.20 Å². The highest BCUT2D eigenvalue weighted by atomic mass is 16.1. The molecule has 1 amide bonds. The molecule has 1 aromatic heterocycles. The Balaban J connectivity index is 2.51. The van der Waals surface area contributed by atoms with Gasteiger partial charge in [-0.3, -0.25) is 4.79 Å². The molecule has 0 aliphatic carbocycles. The maximum absolute atomic E-state index is 10.7. The van der Waals surface area contributed by atoms with Gasteiger partial charge in [-0.1, -0.05) is 6.92 Å². The first kappa shape index (κ1) is 10.5. The molecular formula is C9H14N4O. The average molecular weight is 194 g/mol. The van der Waals surface area contributed by atoms with Gasteiger partial charge in [-0.15, -0.1) is 0 Å². The molecule has 14 heavy (non-hydrogen) atoms. The molecule has 0 fully saturated rings. The van der Waals surface area contributed by atoms with Gasteiger partial charge in [0.1, 0.15) is 5.82 Å². The van der Waals surface area contributed by atoms with Crippen molar-refractivity contribution in [1.29, 1.82) is 0 Å². The van der Waals surface area contributed by atoms with Crippen molar-refractivity contribution in [3.05, 3.63) is 23.9 Å². The molecule has 1 rings (SSSR count). The second-order valence-electron chi connectivity index (χ2n) is 2.85. The van der Waals surface area contributed by atoms with E-state index >= 15 is 0 Å². The first-order valence-electron chi connectivity index (χ1n) is 4.48. The van der Waals surface area contributed by atoms with Gasteiger partial charge in [0.25, 0.3) is 0 Å². The first-order chi connectivity index (χ1) is 6.74. The van der Waals surface area contributed by atoms with E-state index in [4.69, 9.17) is 5.73 Å². The Bertz CT molecular complexity index is 296. The molecule has 0 bridgehead atoms. The number of aromatic nitrogens is 1. The Morgan fingerprint density at radius 1 is 1.57 bits per heavy atom. The Morgan fingerprint density at radius 2 is 2.36 bits per heavy atom. The molecule has 0 aliphatic heterocycles. The lowest BCUT2D eigenvalue weighted by Crippen LogP contribution is -2.23. The van der Waals surface area contributed by atoms with Crippen LogP contribution in [0.2, 0.25) is 0 Å². The smallest absolute Gasteiger partial charge is 0.250 e. The van der Waals surface area contributed by atoms with Gasteiger partial charge in [-0.05, 0) is 18.6 Å². The fraction of sp³-hybridized carbons (Fsp3) is 0.333. The van der Waals surface area contributed by atoms with E-state index in [1.807, 2.05) is 0 Å². The quantitative estimate of drug-likeness (QED) is 0.471. The van der Waals surface area contributed by atoms with Crippen LogP contribution in [0, 0.1) is 0 Å². The van der Waals surface area contributed by atoms with Crippen LogP contribution in [0.3, 0.4) is 0 Å². The first-order valence-corrected chi connectivity index (χ1v) is 4.48. The number of primary amides is 1. The van der Waals surface area contributed by atoms with Crippen LogP contribution in [0.1, 0.15) is 23.7 Å². The summed E-state index contributed by atoms with van der Waals surface area (Å²) in [4.78, 5) is 14.7. The summed E-state index contributed by atoms with van der Waals surface area (Å²) in [5.41, 5.74) is 11.3. The molecule has 0 unspecified atom stereocenters. The molecule has 5 heteroatoms. The van der Waals surface area contributed by atoms with E-state index in [-0.39, 0.29) is 0 Å². The molecule has 1 heterocycles. The lowest BCUT2D eigenvalue weighted by Gasteiger charge is -2.05. The topological polar surface area (TPSA) is 80.0 Å². The fourth-order valence-corrected chi connectivity index (χ4v) is 0.892. The molecule has 0 aliphatic rings. The second-order valence-corrected chi connectivity index (χ2v) is 2.85. The summed E-state index contributed by atoms with van der Waals surface area (Å²) < 4.78 is 0. The van der Waals surface area contributed by atoms with Crippen molar-refractivity contribution in [2.24, 2.45) is 5.73 Å². The lowest BCUT2D eigenvalue weighted by molar-refractivity contribution is 0.1000. The summed E-state index contributed by atoms with van der Waals surface area (Å²) >= 11 is 0. The van der Waals surface area contributed by atoms with Crippen molar-refractivity contribution >= 4 is 11.7 Å². The molecule has 0 saturated carbocycles. The highest BCUT2D eigenvalue weighted by molar-refractivity contribution is 5.92. The third-order valence-electron chi connectivity index (χ3n) is 1.64. The highest BCUT2D eigenvalue weighted by Gasteiger charge is 1.99. The van der Waals surface area contributed by atoms with Crippen LogP contribution < -0.4 is 16.6 Å². The number of nitrogens with two attached hydrogens (primary N) is 1. The van der Waals surface area contributed by atoms with Gasteiger partial charge in [0.05, 0.1) is 5.56 Å². The molecule has 0 spiro atoms. The van der Waals surface area contributed by atoms with E-state index in [0.29, 0.717) is 11.4 Å². The molecule has 0 saturated heterocycles. The number of carbonyl (C=O) groups is 1. The Labute approximate surface area is 82.7 Å². The van der Waals surface area contributed by atoms with Crippen LogP contribution in [0.4, 0.5) is 5.82 Å². The minimum absolute atomic E-state index is 0.408. The number of nitrogens with zero attached hydrogens (tertiary/aromatic N) is 1. The van der Waals surface area contributed by atoms with E-state index in [1.54, 1.807) is 12.1 Å². The second kappa shape index (κ2) is 5.18. The summed E-state index contributed by atoms with van der Waals surface area (Å²) in [6.07, 6.45) is 2.48. The average Bonchev–Trinajstić information content (AvgIpc) is 2.19. The van der Waals surface area contributed by atoms with E-state index in [0.717, 1.165) is 13.0 Å². The number of hydrogen-bond acceptors (Lipinski definition) is 4. The van der Waals surface area contributed by atoms with Crippen LogP contribution in [0.25, 0.3) is 0 Å². The number of amides is 1. The predicted octanol–water partition coefficient (Wildman–Crippen LogP) is 0.507. The van der Waals surface area contributed by atoms with Crippen LogP contribution >= 0.6 is 0 Å². The molecule has 0 radical (unpaired) electrons. The third-order valence-corrected chi connectivity index (χ3v) is 1.64. The number of anilines is 1. The van der Waals surface area contributed by atoms with Crippen molar-refractivity contribution in [3.8, 4) is 0 Å². The molecule has 0 aromatic carbocycles. The van der Waals surface area contributed by atoms with Crippen molar-refractivity contribution in [2.75, 3.05) is 12.0 Å². The number of pyridine rings is 1. The van der Waals surface area contributed by atoms with Crippen LogP contribution in [-0.4, -0.2) is 17.4 Å². The number of carbonyl (C=O) groups excluding carboxylic acids is 1. The van der Waals surface area contributed by atoms with Gasteiger partial charge in [-0.2, -0.15) is 0 Å². The molecule has 0 atom stereocenters. The maximum atomic E-state index is 10.7. The van der Waals surface area contributed by atoms with Crippen LogP contribution in [0.5, 0.6) is 0 Å². The Hall–Kier alpha value is -1.62. The number of rotatable bonds is 5. The Kier molecular flexibility index (Phi) is 3.87. The minimum Gasteiger partial charge on any atom is -0.366 e. The van der Waals surface area contributed by atoms with Gasteiger partial charge >= 0.3 is 0 Å². The van der Waals surface area contributed by atoms with Crippen molar-refractivity contribution in [1.82, 2.24) is 10.4 Å². The summed E-state index contributed by atoms with van der Waals surface area (Å²) in [5.74, 6) is 0.203. The zero-order valence-corrected chi connectivity index (χ0v) is 8.08. The summed E-state index contributed by atoms with van der Waals surface area (Å²) in [6, 6.07) is 3.33. The monoisotopic (exact) mass is 194 g/mol. The lowest BCUT2D eigenvalue weighted by atomic mass is 10.3. The predicted molar refractivity (Wildman–Crippen MR) is 54.7 cm³/mol. The van der Waals surface area contributed by atoms with Crippen LogP contribution in [-0.2, 0) is 0 Å². The van der Waals surface area contributed by atoms with E-state index in [2.05, 4.69) is 22.8 Å². The zero-order valence-electron chi connectivity index (χ0n) is 8.08. The largest absolute Gasteiger partial charge is 0.366 e. The van der Waals surface area contributed by atoms with E-state index in [9.17, 15) is 4.79 Å². The van der Waals surface area contributed by atoms with Crippen LogP contribution in [0.15, 0.2) is 18.3 Å². The molecule has 4 N–H and O–H groups in total. The summed E-state index contributed by atoms with van der Waals surface area (Å²) in [6.45, 7) is 2.93. The number of nitrogens with one attached hydrogen (secondary N) is 2. The molecule has 76 valence electrons. The summed E-state index contributed by atoms with van der Waals surface area (Å²) in [5, 5.41) is 0. The Morgan fingerprint density at radius 3 is 2.86 bits per heavy atom. The number of hydrogen-bond donors (Lipinski definition) is 3. The molecular weight excluding hydrogens is 180 g/mol. The van der Waals surface area contributed by atoms with Gasteiger partial charge in [0, 0.05) is 12.7 Å². The fourth-order valence-electron chi connectivity index (χ4n) is 0.892. The van der Waals surface area contributed by atoms with Crippen molar-refractivity contribution in [2.45, 2.75) is 13.3 Å². The third kappa shape index (κ3) is 3.02. The number of hydrazine groups is 1. The normalized spacial score (nSPS) is 9.79. The van der Waals surface area contributed by atoms with Crippen molar-refractivity contribution < 1.29 is 4.79 Å². The van der Waals surface area contributed by atoms with Gasteiger partial charge < -0.3 is 11.2 Å².